The molecule has 132 valence electrons. The van der Waals surface area contributed by atoms with Crippen LogP contribution in [0.2, 0.25) is 0 Å². The fourth-order valence-corrected chi connectivity index (χ4v) is 4.01. The van der Waals surface area contributed by atoms with Gasteiger partial charge in [0.25, 0.3) is 5.91 Å². The van der Waals surface area contributed by atoms with Gasteiger partial charge in [0.05, 0.1) is 5.56 Å². The van der Waals surface area contributed by atoms with Crippen LogP contribution in [0.15, 0.2) is 48.7 Å². The average Bonchev–Trinajstić information content (AvgIpc) is 2.87. The van der Waals surface area contributed by atoms with Crippen molar-refractivity contribution in [2.45, 2.75) is 17.8 Å². The molecule has 0 bridgehead atoms. The lowest BCUT2D eigenvalue weighted by molar-refractivity contribution is -0.141. The highest BCUT2D eigenvalue weighted by atomic mass is 32.2. The number of halogens is 3. The third-order valence-electron chi connectivity index (χ3n) is 4.10. The van der Waals surface area contributed by atoms with Crippen LogP contribution in [-0.4, -0.2) is 34.6 Å². The summed E-state index contributed by atoms with van der Waals surface area (Å²) in [4.78, 5) is 17.6. The summed E-state index contributed by atoms with van der Waals surface area (Å²) in [6, 6.07) is 12.2. The van der Waals surface area contributed by atoms with Gasteiger partial charge in [-0.3, -0.25) is 9.78 Å². The second kappa shape index (κ2) is 7.47. The molecular formula is C18H17F3N2OS. The minimum atomic E-state index is -4.50. The normalized spacial score (nSPS) is 18.7. The molecule has 2 heterocycles. The van der Waals surface area contributed by atoms with Gasteiger partial charge in [0.1, 0.15) is 5.69 Å². The van der Waals surface area contributed by atoms with E-state index in [4.69, 9.17) is 0 Å². The van der Waals surface area contributed by atoms with Crippen LogP contribution in [-0.2, 0) is 6.18 Å². The van der Waals surface area contributed by atoms with Crippen LogP contribution in [0.3, 0.4) is 0 Å². The number of thioether (sulfide) groups is 1. The molecule has 7 heteroatoms. The molecule has 0 aliphatic carbocycles. The topological polar surface area (TPSA) is 33.2 Å². The van der Waals surface area contributed by atoms with E-state index < -0.39 is 11.9 Å². The lowest BCUT2D eigenvalue weighted by Crippen LogP contribution is -2.33. The van der Waals surface area contributed by atoms with Crippen LogP contribution in [0.25, 0.3) is 0 Å². The largest absolute Gasteiger partial charge is 0.433 e. The van der Waals surface area contributed by atoms with Gasteiger partial charge in [0.2, 0.25) is 0 Å². The molecule has 1 aromatic heterocycles. The van der Waals surface area contributed by atoms with Crippen molar-refractivity contribution in [1.82, 2.24) is 9.88 Å². The van der Waals surface area contributed by atoms with Crippen LogP contribution in [0.4, 0.5) is 13.2 Å². The molecule has 3 nitrogen and oxygen atoms in total. The zero-order valence-electron chi connectivity index (χ0n) is 13.4. The summed E-state index contributed by atoms with van der Waals surface area (Å²) in [5, 5.41) is 0.324. The molecule has 1 amide bonds. The molecule has 1 atom stereocenters. The van der Waals surface area contributed by atoms with Gasteiger partial charge in [-0.25, -0.2) is 0 Å². The van der Waals surface area contributed by atoms with Crippen LogP contribution >= 0.6 is 11.8 Å². The first-order chi connectivity index (χ1) is 11.9. The standard InChI is InChI=1S/C18H17F3N2OS/c19-18(20,21)16-7-6-14(12-22-16)17(24)23-9-8-15(25-11-10-23)13-4-2-1-3-5-13/h1-7,12,15H,8-11H2. The summed E-state index contributed by atoms with van der Waals surface area (Å²) in [6.45, 7) is 1.15. The maximum atomic E-state index is 12.6. The summed E-state index contributed by atoms with van der Waals surface area (Å²) in [7, 11) is 0. The van der Waals surface area contributed by atoms with Gasteiger partial charge in [-0.2, -0.15) is 24.9 Å². The minimum Gasteiger partial charge on any atom is -0.338 e. The van der Waals surface area contributed by atoms with E-state index in [2.05, 4.69) is 17.1 Å². The maximum absolute atomic E-state index is 12.6. The summed E-state index contributed by atoms with van der Waals surface area (Å²) in [5.74, 6) is 0.523. The zero-order chi connectivity index (χ0) is 17.9. The molecule has 1 saturated heterocycles. The Labute approximate surface area is 148 Å². The third kappa shape index (κ3) is 4.34. The highest BCUT2D eigenvalue weighted by Crippen LogP contribution is 2.34. The lowest BCUT2D eigenvalue weighted by Gasteiger charge is -2.20. The van der Waals surface area contributed by atoms with Crippen molar-refractivity contribution in [1.29, 1.82) is 0 Å². The molecular weight excluding hydrogens is 349 g/mol. The van der Waals surface area contributed by atoms with Gasteiger partial charge in [-0.1, -0.05) is 30.3 Å². The fraction of sp³-hybridized carbons (Fsp3) is 0.333. The van der Waals surface area contributed by atoms with Crippen molar-refractivity contribution < 1.29 is 18.0 Å². The number of aromatic nitrogens is 1. The number of hydrogen-bond donors (Lipinski definition) is 0. The second-order valence-electron chi connectivity index (χ2n) is 5.78. The zero-order valence-corrected chi connectivity index (χ0v) is 14.2. The van der Waals surface area contributed by atoms with E-state index in [0.717, 1.165) is 24.4 Å². The average molecular weight is 366 g/mol. The molecule has 25 heavy (non-hydrogen) atoms. The number of carbonyl (C=O) groups excluding carboxylic acids is 1. The number of amides is 1. The molecule has 1 unspecified atom stereocenters. The van der Waals surface area contributed by atoms with E-state index >= 15 is 0 Å². The summed E-state index contributed by atoms with van der Waals surface area (Å²) >= 11 is 1.80. The lowest BCUT2D eigenvalue weighted by atomic mass is 10.1. The predicted molar refractivity (Wildman–Crippen MR) is 91.4 cm³/mol. The van der Waals surface area contributed by atoms with Crippen molar-refractivity contribution in [3.63, 3.8) is 0 Å². The van der Waals surface area contributed by atoms with E-state index in [-0.39, 0.29) is 11.5 Å². The fourth-order valence-electron chi connectivity index (χ4n) is 2.78. The van der Waals surface area contributed by atoms with Gasteiger partial charge in [0, 0.05) is 30.3 Å². The molecule has 0 spiro atoms. The third-order valence-corrected chi connectivity index (χ3v) is 5.43. The van der Waals surface area contributed by atoms with Crippen molar-refractivity contribution >= 4 is 17.7 Å². The summed E-state index contributed by atoms with van der Waals surface area (Å²) in [6.07, 6.45) is -2.67. The van der Waals surface area contributed by atoms with Gasteiger partial charge < -0.3 is 4.90 Å². The number of benzene rings is 1. The van der Waals surface area contributed by atoms with Crippen LogP contribution < -0.4 is 0 Å². The van der Waals surface area contributed by atoms with Crippen molar-refractivity contribution in [3.8, 4) is 0 Å². The molecule has 1 aliphatic heterocycles. The Bertz CT molecular complexity index is 719. The summed E-state index contributed by atoms with van der Waals surface area (Å²) in [5.41, 5.74) is 0.439. The van der Waals surface area contributed by atoms with Gasteiger partial charge in [-0.15, -0.1) is 0 Å². The monoisotopic (exact) mass is 366 g/mol. The first kappa shape index (κ1) is 17.8. The minimum absolute atomic E-state index is 0.191. The molecule has 3 rings (SSSR count). The van der Waals surface area contributed by atoms with Crippen LogP contribution in [0, 0.1) is 0 Å². The molecule has 1 fully saturated rings. The van der Waals surface area contributed by atoms with Crippen LogP contribution in [0.5, 0.6) is 0 Å². The van der Waals surface area contributed by atoms with E-state index in [1.54, 1.807) is 16.7 Å². The number of nitrogens with zero attached hydrogens (tertiary/aromatic N) is 2. The van der Waals surface area contributed by atoms with Crippen LogP contribution in [0.1, 0.15) is 33.3 Å². The quantitative estimate of drug-likeness (QED) is 0.789. The SMILES string of the molecule is O=C(c1ccc(C(F)(F)F)nc1)N1CCSC(c2ccccc2)CC1. The van der Waals surface area contributed by atoms with Gasteiger partial charge in [-0.05, 0) is 24.1 Å². The smallest absolute Gasteiger partial charge is 0.338 e. The molecule has 1 aliphatic rings. The Morgan fingerprint density at radius 1 is 1.12 bits per heavy atom. The number of alkyl halides is 3. The Hall–Kier alpha value is -2.02. The first-order valence-corrected chi connectivity index (χ1v) is 8.99. The Morgan fingerprint density at radius 3 is 2.52 bits per heavy atom. The van der Waals surface area contributed by atoms with E-state index in [0.29, 0.717) is 18.3 Å². The molecule has 2 aromatic rings. The molecule has 0 saturated carbocycles. The molecule has 1 aromatic carbocycles. The Balaban J connectivity index is 1.67. The van der Waals surface area contributed by atoms with Crippen molar-refractivity contribution in [2.75, 3.05) is 18.8 Å². The van der Waals surface area contributed by atoms with E-state index in [9.17, 15) is 18.0 Å². The van der Waals surface area contributed by atoms with Crippen molar-refractivity contribution in [3.05, 3.63) is 65.5 Å². The molecule has 0 N–H and O–H groups in total. The molecule has 0 radical (unpaired) electrons. The Kier molecular flexibility index (Phi) is 5.32. The predicted octanol–water partition coefficient (Wildman–Crippen LogP) is 4.42. The number of carbonyl (C=O) groups is 1. The number of rotatable bonds is 2. The van der Waals surface area contributed by atoms with E-state index in [1.807, 2.05) is 18.2 Å². The highest BCUT2D eigenvalue weighted by Gasteiger charge is 2.32. The number of pyridine rings is 1. The first-order valence-electron chi connectivity index (χ1n) is 7.94. The van der Waals surface area contributed by atoms with Gasteiger partial charge in [0.15, 0.2) is 0 Å². The second-order valence-corrected chi connectivity index (χ2v) is 7.09. The highest BCUT2D eigenvalue weighted by molar-refractivity contribution is 7.99. The van der Waals surface area contributed by atoms with E-state index in [1.165, 1.54) is 11.6 Å². The number of hydrogen-bond acceptors (Lipinski definition) is 3. The maximum Gasteiger partial charge on any atom is 0.433 e. The van der Waals surface area contributed by atoms with Crippen molar-refractivity contribution in [2.24, 2.45) is 0 Å². The summed E-state index contributed by atoms with van der Waals surface area (Å²) < 4.78 is 37.7. The van der Waals surface area contributed by atoms with Gasteiger partial charge >= 0.3 is 6.18 Å². The Morgan fingerprint density at radius 2 is 1.88 bits per heavy atom.